The molecule has 98 valence electrons. The summed E-state index contributed by atoms with van der Waals surface area (Å²) in [6.07, 6.45) is 0. The van der Waals surface area contributed by atoms with Crippen LogP contribution in [-0.4, -0.2) is 16.1 Å². The Morgan fingerprint density at radius 2 is 1.79 bits per heavy atom. The van der Waals surface area contributed by atoms with Crippen molar-refractivity contribution in [2.45, 2.75) is 0 Å². The van der Waals surface area contributed by atoms with Gasteiger partial charge in [0.05, 0.1) is 5.56 Å². The fourth-order valence-electron chi connectivity index (χ4n) is 1.31. The number of nitrogens with one attached hydrogen (secondary N) is 1. The first-order valence-corrected chi connectivity index (χ1v) is 5.68. The number of halogens is 4. The molecule has 0 saturated heterocycles. The van der Waals surface area contributed by atoms with Crippen LogP contribution in [-0.2, 0) is 0 Å². The van der Waals surface area contributed by atoms with E-state index in [0.29, 0.717) is 0 Å². The molecule has 0 aliphatic rings. The van der Waals surface area contributed by atoms with E-state index in [1.165, 1.54) is 6.07 Å². The van der Waals surface area contributed by atoms with Gasteiger partial charge in [0.15, 0.2) is 10.3 Å². The van der Waals surface area contributed by atoms with Crippen molar-refractivity contribution in [1.29, 1.82) is 0 Å². The molecule has 0 radical (unpaired) electrons. The zero-order chi connectivity index (χ0) is 14.0. The second-order valence-electron chi connectivity index (χ2n) is 3.42. The molecule has 2 rings (SSSR count). The fourth-order valence-corrected chi connectivity index (χ4v) is 1.64. The minimum absolute atomic E-state index is 0.0662. The summed E-state index contributed by atoms with van der Waals surface area (Å²) in [7, 11) is 0. The van der Waals surface area contributed by atoms with Gasteiger partial charge in [-0.1, -0.05) is 29.3 Å². The van der Waals surface area contributed by atoms with Gasteiger partial charge in [0.25, 0.3) is 5.91 Å². The molecule has 1 heterocycles. The van der Waals surface area contributed by atoms with Crippen molar-refractivity contribution >= 4 is 34.8 Å². The lowest BCUT2D eigenvalue weighted by Gasteiger charge is -2.08. The number of hydrogen-bond donors (Lipinski definition) is 1. The zero-order valence-corrected chi connectivity index (χ0v) is 10.6. The van der Waals surface area contributed by atoms with Crippen LogP contribution in [0.2, 0.25) is 10.3 Å². The molecule has 2 aromatic rings. The van der Waals surface area contributed by atoms with E-state index in [1.807, 2.05) is 0 Å². The zero-order valence-electron chi connectivity index (χ0n) is 9.12. The molecule has 1 aromatic heterocycles. The van der Waals surface area contributed by atoms with E-state index in [2.05, 4.69) is 15.5 Å². The largest absolute Gasteiger partial charge is 0.317 e. The number of aromatic nitrogens is 2. The van der Waals surface area contributed by atoms with Crippen molar-refractivity contribution < 1.29 is 13.6 Å². The molecule has 8 heteroatoms. The van der Waals surface area contributed by atoms with E-state index in [0.717, 1.165) is 18.2 Å². The summed E-state index contributed by atoms with van der Waals surface area (Å²) in [6.45, 7) is 0. The van der Waals surface area contributed by atoms with Crippen LogP contribution in [0.1, 0.15) is 10.4 Å². The molecule has 0 aliphatic heterocycles. The Morgan fingerprint density at radius 3 is 2.42 bits per heavy atom. The maximum absolute atomic E-state index is 13.4. The summed E-state index contributed by atoms with van der Waals surface area (Å²) in [6, 6.07) is 4.35. The van der Waals surface area contributed by atoms with Gasteiger partial charge >= 0.3 is 0 Å². The van der Waals surface area contributed by atoms with Gasteiger partial charge in [-0.3, -0.25) is 4.79 Å². The predicted octanol–water partition coefficient (Wildman–Crippen LogP) is 3.31. The third kappa shape index (κ3) is 2.97. The minimum Gasteiger partial charge on any atom is -0.317 e. The molecule has 0 aliphatic carbocycles. The quantitative estimate of drug-likeness (QED) is 0.926. The summed E-state index contributed by atoms with van der Waals surface area (Å²) in [4.78, 5) is 11.8. The normalized spacial score (nSPS) is 10.3. The molecule has 1 aromatic carbocycles. The molecule has 1 N–H and O–H groups in total. The van der Waals surface area contributed by atoms with Crippen LogP contribution < -0.4 is 5.32 Å². The monoisotopic (exact) mass is 303 g/mol. The first kappa shape index (κ1) is 13.6. The van der Waals surface area contributed by atoms with Crippen LogP contribution in [0.3, 0.4) is 0 Å². The highest BCUT2D eigenvalue weighted by Crippen LogP contribution is 2.21. The molecule has 0 saturated carbocycles. The summed E-state index contributed by atoms with van der Waals surface area (Å²) in [5.74, 6) is -2.65. The number of carbonyl (C=O) groups excluding carboxylic acids is 1. The summed E-state index contributed by atoms with van der Waals surface area (Å²) in [5.41, 5.74) is -0.708. The van der Waals surface area contributed by atoms with Crippen LogP contribution in [0.25, 0.3) is 0 Å². The highest BCUT2D eigenvalue weighted by Gasteiger charge is 2.17. The van der Waals surface area contributed by atoms with Crippen molar-refractivity contribution in [2.24, 2.45) is 0 Å². The van der Waals surface area contributed by atoms with Crippen LogP contribution in [0.4, 0.5) is 14.5 Å². The lowest BCUT2D eigenvalue weighted by molar-refractivity contribution is 0.102. The topological polar surface area (TPSA) is 54.9 Å². The molecule has 0 atom stereocenters. The van der Waals surface area contributed by atoms with E-state index in [-0.39, 0.29) is 15.9 Å². The molecule has 1 amide bonds. The van der Waals surface area contributed by atoms with Crippen LogP contribution in [0, 0.1) is 11.6 Å². The predicted molar refractivity (Wildman–Crippen MR) is 66.4 cm³/mol. The lowest BCUT2D eigenvalue weighted by atomic mass is 10.2. The summed E-state index contributed by atoms with van der Waals surface area (Å²) in [5, 5.41) is 8.61. The van der Waals surface area contributed by atoms with E-state index in [9.17, 15) is 13.6 Å². The highest BCUT2D eigenvalue weighted by molar-refractivity contribution is 6.34. The van der Waals surface area contributed by atoms with Gasteiger partial charge in [0.2, 0.25) is 0 Å². The number of para-hydroxylation sites is 1. The molecular weight excluding hydrogens is 299 g/mol. The van der Waals surface area contributed by atoms with Crippen molar-refractivity contribution in [3.05, 3.63) is 51.8 Å². The van der Waals surface area contributed by atoms with Crippen molar-refractivity contribution in [2.75, 3.05) is 5.32 Å². The van der Waals surface area contributed by atoms with Crippen LogP contribution >= 0.6 is 23.2 Å². The van der Waals surface area contributed by atoms with E-state index in [4.69, 9.17) is 23.2 Å². The Labute approximate surface area is 116 Å². The standard InChI is InChI=1S/C11H5Cl2F2N3O/c12-8-4-5(10(13)18-17-8)11(19)16-9-6(14)2-1-3-7(9)15/h1-4H,(H,16,19). The molecule has 4 nitrogen and oxygen atoms in total. The van der Waals surface area contributed by atoms with E-state index < -0.39 is 23.2 Å². The second-order valence-corrected chi connectivity index (χ2v) is 4.17. The Hall–Kier alpha value is -1.79. The van der Waals surface area contributed by atoms with Gasteiger partial charge in [-0.05, 0) is 18.2 Å². The van der Waals surface area contributed by atoms with Crippen LogP contribution in [0.5, 0.6) is 0 Å². The van der Waals surface area contributed by atoms with E-state index in [1.54, 1.807) is 0 Å². The first-order chi connectivity index (χ1) is 8.99. The maximum Gasteiger partial charge on any atom is 0.259 e. The Morgan fingerprint density at radius 1 is 1.16 bits per heavy atom. The van der Waals surface area contributed by atoms with Crippen molar-refractivity contribution in [1.82, 2.24) is 10.2 Å². The fraction of sp³-hybridized carbons (Fsp3) is 0. The smallest absolute Gasteiger partial charge is 0.259 e. The van der Waals surface area contributed by atoms with Gasteiger partial charge in [-0.15, -0.1) is 10.2 Å². The van der Waals surface area contributed by atoms with Gasteiger partial charge < -0.3 is 5.32 Å². The van der Waals surface area contributed by atoms with Gasteiger partial charge in [-0.2, -0.15) is 0 Å². The molecule has 0 spiro atoms. The first-order valence-electron chi connectivity index (χ1n) is 4.93. The molecule has 0 fully saturated rings. The number of amides is 1. The minimum atomic E-state index is -0.905. The number of anilines is 1. The third-order valence-electron chi connectivity index (χ3n) is 2.16. The Balaban J connectivity index is 2.34. The van der Waals surface area contributed by atoms with Crippen LogP contribution in [0.15, 0.2) is 24.3 Å². The number of carbonyl (C=O) groups is 1. The average Bonchev–Trinajstić information content (AvgIpc) is 2.37. The Kier molecular flexibility index (Phi) is 3.92. The SMILES string of the molecule is O=C(Nc1c(F)cccc1F)c1cc(Cl)nnc1Cl. The second kappa shape index (κ2) is 5.46. The Bertz CT molecular complexity index is 632. The van der Waals surface area contributed by atoms with Gasteiger partial charge in [0, 0.05) is 0 Å². The average molecular weight is 304 g/mol. The van der Waals surface area contributed by atoms with Crippen molar-refractivity contribution in [3.8, 4) is 0 Å². The highest BCUT2D eigenvalue weighted by atomic mass is 35.5. The lowest BCUT2D eigenvalue weighted by Crippen LogP contribution is -2.15. The number of benzene rings is 1. The number of nitrogens with zero attached hydrogens (tertiary/aromatic N) is 2. The number of rotatable bonds is 2. The maximum atomic E-state index is 13.4. The number of hydrogen-bond acceptors (Lipinski definition) is 3. The summed E-state index contributed by atoms with van der Waals surface area (Å²) < 4.78 is 26.7. The molecular formula is C11H5Cl2F2N3O. The van der Waals surface area contributed by atoms with Gasteiger partial charge in [-0.25, -0.2) is 8.78 Å². The van der Waals surface area contributed by atoms with E-state index >= 15 is 0 Å². The summed E-state index contributed by atoms with van der Waals surface area (Å²) >= 11 is 11.2. The van der Waals surface area contributed by atoms with Gasteiger partial charge in [0.1, 0.15) is 17.3 Å². The van der Waals surface area contributed by atoms with Crippen molar-refractivity contribution in [3.63, 3.8) is 0 Å². The third-order valence-corrected chi connectivity index (χ3v) is 2.63. The molecule has 0 unspecified atom stereocenters. The molecule has 0 bridgehead atoms. The molecule has 19 heavy (non-hydrogen) atoms.